The number of anilines is 1. The summed E-state index contributed by atoms with van der Waals surface area (Å²) in [5.74, 6) is -0.387. The largest absolute Gasteiger partial charge is 0.361 e. The van der Waals surface area contributed by atoms with E-state index in [1.165, 1.54) is 0 Å². The molecule has 1 atom stereocenters. The molecule has 1 saturated heterocycles. The van der Waals surface area contributed by atoms with Gasteiger partial charge in [0.2, 0.25) is 11.8 Å². The van der Waals surface area contributed by atoms with Crippen molar-refractivity contribution in [2.45, 2.75) is 19.8 Å². The molecule has 2 N–H and O–H groups in total. The summed E-state index contributed by atoms with van der Waals surface area (Å²) in [6.45, 7) is 2.96. The Kier molecular flexibility index (Phi) is 5.09. The second kappa shape index (κ2) is 7.68. The number of hydrogen-bond donors (Lipinski definition) is 2. The first-order chi connectivity index (χ1) is 13.5. The van der Waals surface area contributed by atoms with Gasteiger partial charge in [0.25, 0.3) is 0 Å². The van der Waals surface area contributed by atoms with Crippen molar-refractivity contribution >= 4 is 40.0 Å². The number of nitrogens with zero attached hydrogens (tertiary/aromatic N) is 1. The van der Waals surface area contributed by atoms with E-state index in [4.69, 9.17) is 11.6 Å². The maximum atomic E-state index is 12.5. The lowest BCUT2D eigenvalue weighted by molar-refractivity contribution is -0.126. The molecule has 1 aliphatic heterocycles. The second-order valence-corrected chi connectivity index (χ2v) is 7.72. The Morgan fingerprint density at radius 3 is 2.82 bits per heavy atom. The molecule has 0 spiro atoms. The van der Waals surface area contributed by atoms with Gasteiger partial charge in [-0.1, -0.05) is 29.3 Å². The number of amides is 2. The number of nitrogens with one attached hydrogen (secondary N) is 2. The van der Waals surface area contributed by atoms with Gasteiger partial charge >= 0.3 is 0 Å². The van der Waals surface area contributed by atoms with E-state index >= 15 is 0 Å². The SMILES string of the molecule is Cc1ccc(N2CC(C(=O)NCCc3c[nH]c4ccc(Cl)cc34)CC2=O)cc1. The maximum Gasteiger partial charge on any atom is 0.227 e. The third-order valence-corrected chi connectivity index (χ3v) is 5.50. The Balaban J connectivity index is 1.34. The number of aromatic nitrogens is 1. The minimum Gasteiger partial charge on any atom is -0.361 e. The molecule has 0 aliphatic carbocycles. The molecule has 28 heavy (non-hydrogen) atoms. The third kappa shape index (κ3) is 3.76. The molecule has 2 amide bonds. The van der Waals surface area contributed by atoms with Crippen LogP contribution in [-0.2, 0) is 16.0 Å². The molecule has 1 aromatic heterocycles. The normalized spacial score (nSPS) is 16.7. The number of benzene rings is 2. The number of H-pyrrole nitrogens is 1. The van der Waals surface area contributed by atoms with E-state index in [9.17, 15) is 9.59 Å². The zero-order chi connectivity index (χ0) is 19.7. The average Bonchev–Trinajstić information content (AvgIpc) is 3.26. The fourth-order valence-corrected chi connectivity index (χ4v) is 3.85. The molecule has 2 heterocycles. The molecule has 6 heteroatoms. The Bertz CT molecular complexity index is 1030. The fraction of sp³-hybridized carbons (Fsp3) is 0.273. The molecule has 0 bridgehead atoms. The Morgan fingerprint density at radius 1 is 1.25 bits per heavy atom. The molecule has 1 unspecified atom stereocenters. The lowest BCUT2D eigenvalue weighted by Gasteiger charge is -2.17. The summed E-state index contributed by atoms with van der Waals surface area (Å²) in [5.41, 5.74) is 4.13. The van der Waals surface area contributed by atoms with Crippen molar-refractivity contribution in [3.8, 4) is 0 Å². The molecule has 5 nitrogen and oxygen atoms in total. The van der Waals surface area contributed by atoms with Crippen LogP contribution in [0.15, 0.2) is 48.7 Å². The highest BCUT2D eigenvalue weighted by molar-refractivity contribution is 6.31. The number of aromatic amines is 1. The van der Waals surface area contributed by atoms with Crippen molar-refractivity contribution in [2.24, 2.45) is 5.92 Å². The van der Waals surface area contributed by atoms with Gasteiger partial charge in [0.05, 0.1) is 5.92 Å². The summed E-state index contributed by atoms with van der Waals surface area (Å²) < 4.78 is 0. The third-order valence-electron chi connectivity index (χ3n) is 5.26. The summed E-state index contributed by atoms with van der Waals surface area (Å²) in [6.07, 6.45) is 2.90. The number of rotatable bonds is 5. The zero-order valence-electron chi connectivity index (χ0n) is 15.7. The molecule has 2 aromatic carbocycles. The van der Waals surface area contributed by atoms with E-state index in [0.29, 0.717) is 24.5 Å². The van der Waals surface area contributed by atoms with Crippen LogP contribution in [0.1, 0.15) is 17.5 Å². The monoisotopic (exact) mass is 395 g/mol. The van der Waals surface area contributed by atoms with Crippen LogP contribution in [0.3, 0.4) is 0 Å². The number of carbonyl (C=O) groups is 2. The molecule has 3 aromatic rings. The topological polar surface area (TPSA) is 65.2 Å². The highest BCUT2D eigenvalue weighted by Crippen LogP contribution is 2.26. The number of halogens is 1. The van der Waals surface area contributed by atoms with Gasteiger partial charge in [0, 0.05) is 47.3 Å². The van der Waals surface area contributed by atoms with Gasteiger partial charge in [-0.15, -0.1) is 0 Å². The van der Waals surface area contributed by atoms with Gasteiger partial charge < -0.3 is 15.2 Å². The highest BCUT2D eigenvalue weighted by Gasteiger charge is 2.34. The van der Waals surface area contributed by atoms with Crippen LogP contribution >= 0.6 is 11.6 Å². The standard InChI is InChI=1S/C22H22ClN3O2/c1-14-2-5-18(6-3-14)26-13-16(10-21(26)27)22(28)24-9-8-15-12-25-20-7-4-17(23)11-19(15)20/h2-7,11-12,16,25H,8-10,13H2,1H3,(H,24,28). The van der Waals surface area contributed by atoms with Crippen molar-refractivity contribution in [3.63, 3.8) is 0 Å². The Morgan fingerprint density at radius 2 is 2.04 bits per heavy atom. The molecule has 1 aliphatic rings. The van der Waals surface area contributed by atoms with Crippen molar-refractivity contribution in [1.29, 1.82) is 0 Å². The summed E-state index contributed by atoms with van der Waals surface area (Å²) in [5, 5.41) is 4.74. The first-order valence-corrected chi connectivity index (χ1v) is 9.79. The number of carbonyl (C=O) groups excluding carboxylic acids is 2. The molecule has 0 saturated carbocycles. The zero-order valence-corrected chi connectivity index (χ0v) is 16.4. The van der Waals surface area contributed by atoms with Crippen LogP contribution in [0, 0.1) is 12.8 Å². The van der Waals surface area contributed by atoms with E-state index in [2.05, 4.69) is 10.3 Å². The minimum atomic E-state index is -0.314. The van der Waals surface area contributed by atoms with Crippen LogP contribution in [-0.4, -0.2) is 29.9 Å². The highest BCUT2D eigenvalue weighted by atomic mass is 35.5. The molecular formula is C22H22ClN3O2. The Labute approximate surface area is 168 Å². The maximum absolute atomic E-state index is 12.5. The molecular weight excluding hydrogens is 374 g/mol. The molecule has 4 rings (SSSR count). The van der Waals surface area contributed by atoms with Crippen molar-refractivity contribution in [1.82, 2.24) is 10.3 Å². The summed E-state index contributed by atoms with van der Waals surface area (Å²) in [4.78, 5) is 29.8. The quantitative estimate of drug-likeness (QED) is 0.689. The van der Waals surface area contributed by atoms with Gasteiger partial charge in [-0.05, 0) is 49.2 Å². The lowest BCUT2D eigenvalue weighted by Crippen LogP contribution is -2.34. The summed E-state index contributed by atoms with van der Waals surface area (Å²) in [6, 6.07) is 13.5. The Hall–Kier alpha value is -2.79. The van der Waals surface area contributed by atoms with Crippen LogP contribution in [0.2, 0.25) is 5.02 Å². The average molecular weight is 396 g/mol. The van der Waals surface area contributed by atoms with Gasteiger partial charge in [0.15, 0.2) is 0 Å². The molecule has 144 valence electrons. The predicted octanol–water partition coefficient (Wildman–Crippen LogP) is 3.84. The van der Waals surface area contributed by atoms with E-state index in [0.717, 1.165) is 27.7 Å². The number of aryl methyl sites for hydroxylation is 1. The summed E-state index contributed by atoms with van der Waals surface area (Å²) in [7, 11) is 0. The van der Waals surface area contributed by atoms with E-state index < -0.39 is 0 Å². The van der Waals surface area contributed by atoms with Gasteiger partial charge in [-0.3, -0.25) is 9.59 Å². The van der Waals surface area contributed by atoms with Crippen LogP contribution in [0.4, 0.5) is 5.69 Å². The first kappa shape index (κ1) is 18.6. The van der Waals surface area contributed by atoms with Gasteiger partial charge in [-0.25, -0.2) is 0 Å². The summed E-state index contributed by atoms with van der Waals surface area (Å²) >= 11 is 6.08. The van der Waals surface area contributed by atoms with Gasteiger partial charge in [0.1, 0.15) is 0 Å². The predicted molar refractivity (Wildman–Crippen MR) is 112 cm³/mol. The molecule has 0 radical (unpaired) electrons. The molecule has 1 fully saturated rings. The smallest absolute Gasteiger partial charge is 0.227 e. The van der Waals surface area contributed by atoms with Crippen LogP contribution < -0.4 is 10.2 Å². The minimum absolute atomic E-state index is 0.00438. The van der Waals surface area contributed by atoms with Gasteiger partial charge in [-0.2, -0.15) is 0 Å². The van der Waals surface area contributed by atoms with E-state index in [1.807, 2.05) is 55.6 Å². The first-order valence-electron chi connectivity index (χ1n) is 9.41. The number of fused-ring (bicyclic) bond motifs is 1. The van der Waals surface area contributed by atoms with Crippen LogP contribution in [0.25, 0.3) is 10.9 Å². The van der Waals surface area contributed by atoms with E-state index in [-0.39, 0.29) is 24.2 Å². The number of hydrogen-bond acceptors (Lipinski definition) is 2. The van der Waals surface area contributed by atoms with Crippen molar-refractivity contribution < 1.29 is 9.59 Å². The van der Waals surface area contributed by atoms with Crippen molar-refractivity contribution in [3.05, 3.63) is 64.8 Å². The van der Waals surface area contributed by atoms with Crippen molar-refractivity contribution in [2.75, 3.05) is 18.0 Å². The van der Waals surface area contributed by atoms with E-state index in [1.54, 1.807) is 4.90 Å². The second-order valence-electron chi connectivity index (χ2n) is 7.29. The fourth-order valence-electron chi connectivity index (χ4n) is 3.68. The lowest BCUT2D eigenvalue weighted by atomic mass is 10.1. The van der Waals surface area contributed by atoms with Crippen LogP contribution in [0.5, 0.6) is 0 Å².